The number of aromatic nitrogens is 2. The minimum Gasteiger partial charge on any atom is -0.243 e. The number of fused-ring (bicyclic) bond motifs is 1. The molecule has 1 heterocycles. The summed E-state index contributed by atoms with van der Waals surface area (Å²) in [4.78, 5) is 0.145. The minimum atomic E-state index is -3.26. The highest BCUT2D eigenvalue weighted by molar-refractivity contribution is 7.91. The van der Waals surface area contributed by atoms with E-state index in [1.807, 2.05) is 0 Å². The lowest BCUT2D eigenvalue weighted by atomic mass is 10.3. The molecule has 5 nitrogen and oxygen atoms in total. The standard InChI is InChI=1S/C7H6N2O3S/c1-13(10,11)6-4-2-3-5-7(6)9-12-8-5/h2-4H,1H3. The Morgan fingerprint density at radius 2 is 2.08 bits per heavy atom. The molecular formula is C7H6N2O3S. The van der Waals surface area contributed by atoms with E-state index in [0.717, 1.165) is 6.26 Å². The first kappa shape index (κ1) is 8.18. The van der Waals surface area contributed by atoms with Gasteiger partial charge in [0.2, 0.25) is 0 Å². The zero-order valence-corrected chi connectivity index (χ0v) is 7.58. The van der Waals surface area contributed by atoms with E-state index < -0.39 is 9.84 Å². The van der Waals surface area contributed by atoms with Gasteiger partial charge in [0.05, 0.1) is 4.90 Å². The van der Waals surface area contributed by atoms with Crippen molar-refractivity contribution in [2.24, 2.45) is 0 Å². The summed E-state index contributed by atoms with van der Waals surface area (Å²) in [6.07, 6.45) is 1.12. The van der Waals surface area contributed by atoms with Crippen molar-refractivity contribution in [1.82, 2.24) is 10.3 Å². The van der Waals surface area contributed by atoms with Crippen LogP contribution in [0.25, 0.3) is 11.0 Å². The average molecular weight is 198 g/mol. The first-order chi connectivity index (χ1) is 6.09. The Hall–Kier alpha value is -1.43. The molecule has 13 heavy (non-hydrogen) atoms. The normalized spacial score (nSPS) is 12.1. The summed E-state index contributed by atoms with van der Waals surface area (Å²) in [5, 5.41) is 7.06. The van der Waals surface area contributed by atoms with Gasteiger partial charge in [0.15, 0.2) is 15.4 Å². The van der Waals surface area contributed by atoms with E-state index in [2.05, 4.69) is 14.9 Å². The molecular weight excluding hydrogens is 192 g/mol. The van der Waals surface area contributed by atoms with Gasteiger partial charge in [0.1, 0.15) is 5.52 Å². The summed E-state index contributed by atoms with van der Waals surface area (Å²) in [7, 11) is -3.26. The molecule has 1 aromatic carbocycles. The molecule has 0 saturated heterocycles. The molecule has 0 fully saturated rings. The van der Waals surface area contributed by atoms with Crippen LogP contribution >= 0.6 is 0 Å². The van der Waals surface area contributed by atoms with Crippen LogP contribution in [0.15, 0.2) is 27.7 Å². The monoisotopic (exact) mass is 198 g/mol. The molecule has 0 spiro atoms. The first-order valence-electron chi connectivity index (χ1n) is 3.50. The van der Waals surface area contributed by atoms with Crippen molar-refractivity contribution in [3.8, 4) is 0 Å². The van der Waals surface area contributed by atoms with Gasteiger partial charge >= 0.3 is 0 Å². The lowest BCUT2D eigenvalue weighted by molar-refractivity contribution is 0.315. The summed E-state index contributed by atoms with van der Waals surface area (Å²) in [6, 6.07) is 4.71. The van der Waals surface area contributed by atoms with Crippen LogP contribution in [-0.4, -0.2) is 25.0 Å². The third-order valence-electron chi connectivity index (χ3n) is 1.65. The fourth-order valence-corrected chi connectivity index (χ4v) is 1.90. The number of sulfone groups is 1. The zero-order valence-electron chi connectivity index (χ0n) is 6.76. The smallest absolute Gasteiger partial charge is 0.177 e. The van der Waals surface area contributed by atoms with Crippen LogP contribution < -0.4 is 0 Å². The second kappa shape index (κ2) is 2.53. The number of hydrogen-bond donors (Lipinski definition) is 0. The maximum Gasteiger partial charge on any atom is 0.177 e. The molecule has 1 aromatic heterocycles. The van der Waals surface area contributed by atoms with Gasteiger partial charge in [-0.2, -0.15) is 0 Å². The van der Waals surface area contributed by atoms with Gasteiger partial charge in [0, 0.05) is 6.26 Å². The number of benzene rings is 1. The lowest BCUT2D eigenvalue weighted by Gasteiger charge is -1.95. The summed E-state index contributed by atoms with van der Waals surface area (Å²) in [5.74, 6) is 0. The highest BCUT2D eigenvalue weighted by atomic mass is 32.2. The predicted molar refractivity (Wildman–Crippen MR) is 44.9 cm³/mol. The molecule has 0 bridgehead atoms. The summed E-state index contributed by atoms with van der Waals surface area (Å²) in [5.41, 5.74) is 0.730. The average Bonchev–Trinajstić information content (AvgIpc) is 2.48. The van der Waals surface area contributed by atoms with Crippen LogP contribution in [0.1, 0.15) is 0 Å². The molecule has 0 aliphatic rings. The lowest BCUT2D eigenvalue weighted by Crippen LogP contribution is -1.97. The predicted octanol–water partition coefficient (Wildman–Crippen LogP) is 0.626. The maximum atomic E-state index is 11.2. The van der Waals surface area contributed by atoms with Gasteiger partial charge < -0.3 is 0 Å². The summed E-state index contributed by atoms with van der Waals surface area (Å²) >= 11 is 0. The Morgan fingerprint density at radius 1 is 1.31 bits per heavy atom. The molecule has 2 rings (SSSR count). The van der Waals surface area contributed by atoms with Crippen LogP contribution in [-0.2, 0) is 9.84 Å². The Labute approximate surface area is 74.2 Å². The molecule has 0 radical (unpaired) electrons. The SMILES string of the molecule is CS(=O)(=O)c1cccc2nonc12. The van der Waals surface area contributed by atoms with Gasteiger partial charge in [-0.1, -0.05) is 6.07 Å². The zero-order chi connectivity index (χ0) is 9.47. The van der Waals surface area contributed by atoms with Crippen molar-refractivity contribution in [3.63, 3.8) is 0 Å². The fourth-order valence-electron chi connectivity index (χ4n) is 1.08. The topological polar surface area (TPSA) is 73.1 Å². The summed E-state index contributed by atoms with van der Waals surface area (Å²) in [6.45, 7) is 0. The van der Waals surface area contributed by atoms with E-state index in [1.54, 1.807) is 12.1 Å². The van der Waals surface area contributed by atoms with Crippen LogP contribution in [0.3, 0.4) is 0 Å². The number of rotatable bonds is 1. The molecule has 0 N–H and O–H groups in total. The maximum absolute atomic E-state index is 11.2. The molecule has 0 amide bonds. The minimum absolute atomic E-state index is 0.145. The Bertz CT molecular complexity index is 544. The van der Waals surface area contributed by atoms with Crippen LogP contribution in [0, 0.1) is 0 Å². The molecule has 6 heteroatoms. The molecule has 0 aliphatic carbocycles. The van der Waals surface area contributed by atoms with Crippen molar-refractivity contribution < 1.29 is 13.0 Å². The molecule has 2 aromatic rings. The largest absolute Gasteiger partial charge is 0.243 e. The van der Waals surface area contributed by atoms with Crippen molar-refractivity contribution >= 4 is 20.9 Å². The second-order valence-corrected chi connectivity index (χ2v) is 4.64. The Morgan fingerprint density at radius 3 is 2.77 bits per heavy atom. The molecule has 68 valence electrons. The van der Waals surface area contributed by atoms with E-state index in [-0.39, 0.29) is 10.4 Å². The third-order valence-corrected chi connectivity index (χ3v) is 2.78. The molecule has 0 unspecified atom stereocenters. The van der Waals surface area contributed by atoms with Gasteiger partial charge in [0.25, 0.3) is 0 Å². The molecule has 0 atom stereocenters. The van der Waals surface area contributed by atoms with E-state index in [0.29, 0.717) is 5.52 Å². The van der Waals surface area contributed by atoms with E-state index in [9.17, 15) is 8.42 Å². The Kier molecular flexibility index (Phi) is 1.59. The van der Waals surface area contributed by atoms with Crippen LogP contribution in [0.2, 0.25) is 0 Å². The van der Waals surface area contributed by atoms with Crippen LogP contribution in [0.4, 0.5) is 0 Å². The van der Waals surface area contributed by atoms with E-state index in [1.165, 1.54) is 6.07 Å². The Balaban J connectivity index is 2.91. The highest BCUT2D eigenvalue weighted by Crippen LogP contribution is 2.18. The fraction of sp³-hybridized carbons (Fsp3) is 0.143. The summed E-state index contributed by atoms with van der Waals surface area (Å²) < 4.78 is 26.9. The van der Waals surface area contributed by atoms with Crippen LogP contribution in [0.5, 0.6) is 0 Å². The molecule has 0 aliphatic heterocycles. The van der Waals surface area contributed by atoms with Gasteiger partial charge in [-0.25, -0.2) is 13.0 Å². The van der Waals surface area contributed by atoms with Crippen molar-refractivity contribution in [2.75, 3.05) is 6.26 Å². The second-order valence-electron chi connectivity index (χ2n) is 2.66. The number of nitrogens with zero attached hydrogens (tertiary/aromatic N) is 2. The number of hydrogen-bond acceptors (Lipinski definition) is 5. The van der Waals surface area contributed by atoms with E-state index in [4.69, 9.17) is 0 Å². The quantitative estimate of drug-likeness (QED) is 0.671. The van der Waals surface area contributed by atoms with Crippen molar-refractivity contribution in [3.05, 3.63) is 18.2 Å². The van der Waals surface area contributed by atoms with Crippen molar-refractivity contribution in [2.45, 2.75) is 4.90 Å². The van der Waals surface area contributed by atoms with Gasteiger partial charge in [-0.15, -0.1) is 0 Å². The first-order valence-corrected chi connectivity index (χ1v) is 5.39. The highest BCUT2D eigenvalue weighted by Gasteiger charge is 2.14. The van der Waals surface area contributed by atoms with Gasteiger partial charge in [-0.05, 0) is 22.4 Å². The van der Waals surface area contributed by atoms with Crippen molar-refractivity contribution in [1.29, 1.82) is 0 Å². The van der Waals surface area contributed by atoms with E-state index >= 15 is 0 Å². The third kappa shape index (κ3) is 1.29. The molecule has 0 saturated carbocycles. The van der Waals surface area contributed by atoms with Gasteiger partial charge in [-0.3, -0.25) is 0 Å².